The molecule has 2 N–H and O–H groups in total. The second kappa shape index (κ2) is 10.3. The summed E-state index contributed by atoms with van der Waals surface area (Å²) in [7, 11) is 0. The smallest absolute Gasteiger partial charge is 0.416 e. The number of fused-ring (bicyclic) bond motifs is 1. The van der Waals surface area contributed by atoms with Gasteiger partial charge in [-0.15, -0.1) is 12.4 Å². The molecule has 1 unspecified atom stereocenters. The van der Waals surface area contributed by atoms with Crippen LogP contribution in [0.1, 0.15) is 34.1 Å². The van der Waals surface area contributed by atoms with Crippen molar-refractivity contribution in [1.82, 2.24) is 9.88 Å². The van der Waals surface area contributed by atoms with Crippen LogP contribution in [-0.4, -0.2) is 15.6 Å². The number of carboxylic acids is 1. The molecular formula is C26H24ClF3N2O2. The molecule has 8 heteroatoms. The van der Waals surface area contributed by atoms with Gasteiger partial charge in [-0.2, -0.15) is 13.2 Å². The molecule has 0 aliphatic rings. The third-order valence-electron chi connectivity index (χ3n) is 5.74. The quantitative estimate of drug-likeness (QED) is 0.318. The predicted octanol–water partition coefficient (Wildman–Crippen LogP) is 6.35. The molecule has 0 saturated heterocycles. The minimum atomic E-state index is -4.41. The van der Waals surface area contributed by atoms with Crippen molar-refractivity contribution in [3.05, 3.63) is 107 Å². The summed E-state index contributed by atoms with van der Waals surface area (Å²) in [6.07, 6.45) is -4.93. The highest BCUT2D eigenvalue weighted by molar-refractivity contribution is 5.89. The fourth-order valence-corrected chi connectivity index (χ4v) is 4.23. The third kappa shape index (κ3) is 5.26. The van der Waals surface area contributed by atoms with Crippen LogP contribution in [0.2, 0.25) is 0 Å². The second-order valence-corrected chi connectivity index (χ2v) is 7.91. The van der Waals surface area contributed by atoms with Gasteiger partial charge < -0.3 is 9.67 Å². The van der Waals surface area contributed by atoms with Crippen molar-refractivity contribution in [1.29, 1.82) is 0 Å². The van der Waals surface area contributed by atoms with Crippen molar-refractivity contribution >= 4 is 29.3 Å². The Balaban J connectivity index is 0.00000324. The highest BCUT2D eigenvalue weighted by atomic mass is 35.5. The number of nitrogens with one attached hydrogen (secondary N) is 1. The molecule has 0 radical (unpaired) electrons. The molecule has 178 valence electrons. The fraction of sp³-hybridized carbons (Fsp3) is 0.192. The largest absolute Gasteiger partial charge is 0.481 e. The van der Waals surface area contributed by atoms with Gasteiger partial charge in [0.15, 0.2) is 0 Å². The summed E-state index contributed by atoms with van der Waals surface area (Å²) in [4.78, 5) is 11.5. The number of carboxylic acid groups (broad SMARTS) is 1. The topological polar surface area (TPSA) is 54.3 Å². The van der Waals surface area contributed by atoms with Crippen LogP contribution in [0, 0.1) is 6.92 Å². The van der Waals surface area contributed by atoms with E-state index in [0.29, 0.717) is 5.56 Å². The maximum absolute atomic E-state index is 13.2. The van der Waals surface area contributed by atoms with Crippen molar-refractivity contribution in [2.24, 2.45) is 0 Å². The molecule has 4 rings (SSSR count). The monoisotopic (exact) mass is 488 g/mol. The van der Waals surface area contributed by atoms with Gasteiger partial charge in [-0.1, -0.05) is 66.7 Å². The highest BCUT2D eigenvalue weighted by Gasteiger charge is 2.30. The first-order valence-corrected chi connectivity index (χ1v) is 10.5. The third-order valence-corrected chi connectivity index (χ3v) is 5.74. The Labute approximate surface area is 201 Å². The van der Waals surface area contributed by atoms with Crippen molar-refractivity contribution < 1.29 is 23.1 Å². The average Bonchev–Trinajstić information content (AvgIpc) is 3.06. The minimum Gasteiger partial charge on any atom is -0.481 e. The minimum absolute atomic E-state index is 0. The van der Waals surface area contributed by atoms with E-state index in [1.807, 2.05) is 66.1 Å². The van der Waals surface area contributed by atoms with Gasteiger partial charge in [-0.25, -0.2) is 0 Å². The summed E-state index contributed by atoms with van der Waals surface area (Å²) < 4.78 is 41.5. The van der Waals surface area contributed by atoms with E-state index in [9.17, 15) is 23.1 Å². The molecule has 1 heterocycles. The number of rotatable bonds is 7. The number of alkyl halides is 3. The zero-order chi connectivity index (χ0) is 23.6. The van der Waals surface area contributed by atoms with Crippen LogP contribution in [0.3, 0.4) is 0 Å². The van der Waals surface area contributed by atoms with Gasteiger partial charge in [-0.05, 0) is 35.7 Å². The lowest BCUT2D eigenvalue weighted by Gasteiger charge is -2.24. The van der Waals surface area contributed by atoms with Gasteiger partial charge in [0.2, 0.25) is 0 Å². The summed E-state index contributed by atoms with van der Waals surface area (Å²) in [5.41, 5.74) is 3.10. The molecule has 34 heavy (non-hydrogen) atoms. The lowest BCUT2D eigenvalue weighted by Crippen LogP contribution is -2.28. The average molecular weight is 489 g/mol. The van der Waals surface area contributed by atoms with Crippen LogP contribution in [0.15, 0.2) is 78.9 Å². The van der Waals surface area contributed by atoms with Gasteiger partial charge in [0, 0.05) is 17.6 Å². The molecule has 4 aromatic rings. The highest BCUT2D eigenvalue weighted by Crippen LogP contribution is 2.32. The Morgan fingerprint density at radius 3 is 2.35 bits per heavy atom. The van der Waals surface area contributed by atoms with E-state index in [4.69, 9.17) is 0 Å². The number of para-hydroxylation sites is 1. The first-order valence-electron chi connectivity index (χ1n) is 10.5. The molecule has 0 amide bonds. The zero-order valence-electron chi connectivity index (χ0n) is 18.3. The SMILES string of the molecule is Cc1c(CC(=O)O)c2ccccc2n1C(NCc1cccc(C(F)(F)F)c1)c1ccccc1.Cl. The Bertz CT molecular complexity index is 1290. The van der Waals surface area contributed by atoms with Crippen LogP contribution in [-0.2, 0) is 23.9 Å². The van der Waals surface area contributed by atoms with Crippen molar-refractivity contribution in [2.45, 2.75) is 32.2 Å². The van der Waals surface area contributed by atoms with E-state index in [2.05, 4.69) is 5.32 Å². The maximum Gasteiger partial charge on any atom is 0.416 e. The van der Waals surface area contributed by atoms with Crippen molar-refractivity contribution in [3.63, 3.8) is 0 Å². The standard InChI is InChI=1S/C26H23F3N2O2.ClH/c1-17-22(15-24(32)33)21-12-5-6-13-23(21)31(17)25(19-9-3-2-4-10-19)30-16-18-8-7-11-20(14-18)26(27,28)29;/h2-14,25,30H,15-16H2,1H3,(H,32,33);1H. The van der Waals surface area contributed by atoms with E-state index >= 15 is 0 Å². The summed E-state index contributed by atoms with van der Waals surface area (Å²) in [6, 6.07) is 22.4. The van der Waals surface area contributed by atoms with E-state index < -0.39 is 23.9 Å². The van der Waals surface area contributed by atoms with Crippen LogP contribution < -0.4 is 5.32 Å². The number of hydrogen-bond donors (Lipinski definition) is 2. The Hall–Kier alpha value is -3.29. The van der Waals surface area contributed by atoms with Crippen molar-refractivity contribution in [2.75, 3.05) is 0 Å². The van der Waals surface area contributed by atoms with E-state index in [-0.39, 0.29) is 25.4 Å². The molecule has 0 bridgehead atoms. The fourth-order valence-electron chi connectivity index (χ4n) is 4.23. The molecule has 0 aliphatic carbocycles. The number of nitrogens with zero attached hydrogens (tertiary/aromatic N) is 1. The molecule has 3 aromatic carbocycles. The summed E-state index contributed by atoms with van der Waals surface area (Å²) in [6.45, 7) is 2.07. The summed E-state index contributed by atoms with van der Waals surface area (Å²) in [5.74, 6) is -0.922. The Morgan fingerprint density at radius 1 is 1.00 bits per heavy atom. The van der Waals surface area contributed by atoms with Gasteiger partial charge in [-0.3, -0.25) is 10.1 Å². The lowest BCUT2D eigenvalue weighted by atomic mass is 10.1. The van der Waals surface area contributed by atoms with Gasteiger partial charge in [0.05, 0.1) is 17.5 Å². The number of benzene rings is 3. The first-order chi connectivity index (χ1) is 15.8. The molecule has 0 fully saturated rings. The normalized spacial score (nSPS) is 12.4. The van der Waals surface area contributed by atoms with E-state index in [0.717, 1.165) is 39.9 Å². The summed E-state index contributed by atoms with van der Waals surface area (Å²) >= 11 is 0. The molecule has 0 aliphatic heterocycles. The molecule has 4 nitrogen and oxygen atoms in total. The predicted molar refractivity (Wildman–Crippen MR) is 128 cm³/mol. The maximum atomic E-state index is 13.2. The number of hydrogen-bond acceptors (Lipinski definition) is 2. The van der Waals surface area contributed by atoms with Gasteiger partial charge in [0.25, 0.3) is 0 Å². The van der Waals surface area contributed by atoms with E-state index in [1.54, 1.807) is 6.07 Å². The van der Waals surface area contributed by atoms with Crippen molar-refractivity contribution in [3.8, 4) is 0 Å². The first kappa shape index (κ1) is 25.3. The van der Waals surface area contributed by atoms with Gasteiger partial charge >= 0.3 is 12.1 Å². The second-order valence-electron chi connectivity index (χ2n) is 7.91. The summed E-state index contributed by atoms with van der Waals surface area (Å²) in [5, 5.41) is 13.7. The number of aliphatic carboxylic acids is 1. The van der Waals surface area contributed by atoms with Crippen LogP contribution in [0.4, 0.5) is 13.2 Å². The Morgan fingerprint density at radius 2 is 1.68 bits per heavy atom. The molecule has 0 saturated carbocycles. The molecular weight excluding hydrogens is 465 g/mol. The zero-order valence-corrected chi connectivity index (χ0v) is 19.2. The van der Waals surface area contributed by atoms with Crippen LogP contribution >= 0.6 is 12.4 Å². The van der Waals surface area contributed by atoms with Crippen LogP contribution in [0.25, 0.3) is 10.9 Å². The van der Waals surface area contributed by atoms with Gasteiger partial charge in [0.1, 0.15) is 6.17 Å². The number of halogens is 4. The molecule has 1 atom stereocenters. The number of carbonyl (C=O) groups is 1. The van der Waals surface area contributed by atoms with Crippen LogP contribution in [0.5, 0.6) is 0 Å². The lowest BCUT2D eigenvalue weighted by molar-refractivity contribution is -0.138. The molecule has 1 aromatic heterocycles. The molecule has 0 spiro atoms. The van der Waals surface area contributed by atoms with E-state index in [1.165, 1.54) is 6.07 Å². The number of aromatic nitrogens is 1. The Kier molecular flexibility index (Phi) is 7.69.